The molecule has 0 aromatic heterocycles. The van der Waals surface area contributed by atoms with E-state index in [1.165, 1.54) is 29.2 Å². The fourth-order valence-corrected chi connectivity index (χ4v) is 2.52. The van der Waals surface area contributed by atoms with Gasteiger partial charge in [0.25, 0.3) is 0 Å². The van der Waals surface area contributed by atoms with Crippen LogP contribution in [0.2, 0.25) is 0 Å². The van der Waals surface area contributed by atoms with E-state index >= 15 is 0 Å². The van der Waals surface area contributed by atoms with Crippen LogP contribution in [0.25, 0.3) is 0 Å². The summed E-state index contributed by atoms with van der Waals surface area (Å²) in [5.74, 6) is 0. The van der Waals surface area contributed by atoms with Crippen molar-refractivity contribution in [3.05, 3.63) is 24.3 Å². The highest BCUT2D eigenvalue weighted by atomic mass is 79.9. The fourth-order valence-electron chi connectivity index (χ4n) is 1.64. The standard InChI is InChI=1S/C11H9BrF3NO2S/c12-5-8-6-16(10(17)18-8)7-1-3-9(4-2-7)19-11(13,14)15/h1-4,8H,5-6H2. The van der Waals surface area contributed by atoms with E-state index in [9.17, 15) is 18.0 Å². The maximum Gasteiger partial charge on any atom is 0.446 e. The van der Waals surface area contributed by atoms with Crippen LogP contribution in [0.15, 0.2) is 29.2 Å². The Kier molecular flexibility index (Phi) is 4.29. The van der Waals surface area contributed by atoms with E-state index in [1.807, 2.05) is 0 Å². The summed E-state index contributed by atoms with van der Waals surface area (Å²) in [7, 11) is 0. The largest absolute Gasteiger partial charge is 0.446 e. The van der Waals surface area contributed by atoms with Crippen LogP contribution in [-0.4, -0.2) is 29.6 Å². The molecule has 2 rings (SSSR count). The second-order valence-electron chi connectivity index (χ2n) is 3.81. The van der Waals surface area contributed by atoms with Crippen LogP contribution in [0.4, 0.5) is 23.7 Å². The average molecular weight is 356 g/mol. The van der Waals surface area contributed by atoms with Gasteiger partial charge in [-0.2, -0.15) is 13.2 Å². The van der Waals surface area contributed by atoms with Crippen LogP contribution in [0.1, 0.15) is 0 Å². The van der Waals surface area contributed by atoms with E-state index in [4.69, 9.17) is 4.74 Å². The second kappa shape index (κ2) is 5.62. The molecule has 8 heteroatoms. The molecule has 0 spiro atoms. The van der Waals surface area contributed by atoms with Gasteiger partial charge in [0, 0.05) is 15.9 Å². The molecule has 3 nitrogen and oxygen atoms in total. The summed E-state index contributed by atoms with van der Waals surface area (Å²) in [5.41, 5.74) is -3.78. The van der Waals surface area contributed by atoms with Crippen molar-refractivity contribution in [1.82, 2.24) is 0 Å². The van der Waals surface area contributed by atoms with Crippen LogP contribution in [0.3, 0.4) is 0 Å². The number of alkyl halides is 4. The predicted molar refractivity (Wildman–Crippen MR) is 69.8 cm³/mol. The molecule has 0 bridgehead atoms. The van der Waals surface area contributed by atoms with E-state index in [1.54, 1.807) is 0 Å². The van der Waals surface area contributed by atoms with Gasteiger partial charge in [0.05, 0.1) is 6.54 Å². The Morgan fingerprint density at radius 2 is 2.00 bits per heavy atom. The number of nitrogens with zero attached hydrogens (tertiary/aromatic N) is 1. The molecule has 0 saturated carbocycles. The number of carbonyl (C=O) groups excluding carboxylic acids is 1. The van der Waals surface area contributed by atoms with Crippen molar-refractivity contribution < 1.29 is 22.7 Å². The van der Waals surface area contributed by atoms with Crippen molar-refractivity contribution in [3.63, 3.8) is 0 Å². The van der Waals surface area contributed by atoms with E-state index in [-0.39, 0.29) is 22.8 Å². The number of rotatable bonds is 3. The number of anilines is 1. The maximum atomic E-state index is 12.2. The van der Waals surface area contributed by atoms with Gasteiger partial charge in [-0.25, -0.2) is 4.79 Å². The van der Waals surface area contributed by atoms with Gasteiger partial charge in [0.2, 0.25) is 0 Å². The highest BCUT2D eigenvalue weighted by Crippen LogP contribution is 2.37. The van der Waals surface area contributed by atoms with Crippen molar-refractivity contribution in [2.24, 2.45) is 0 Å². The topological polar surface area (TPSA) is 29.5 Å². The molecular weight excluding hydrogens is 347 g/mol. The molecule has 1 aromatic rings. The van der Waals surface area contributed by atoms with Crippen LogP contribution in [-0.2, 0) is 4.74 Å². The molecule has 1 amide bonds. The van der Waals surface area contributed by atoms with Crippen LogP contribution >= 0.6 is 27.7 Å². The number of thioether (sulfide) groups is 1. The molecule has 1 heterocycles. The molecule has 1 unspecified atom stereocenters. The Morgan fingerprint density at radius 1 is 1.37 bits per heavy atom. The molecule has 19 heavy (non-hydrogen) atoms. The summed E-state index contributed by atoms with van der Waals surface area (Å²) in [6.07, 6.45) is -0.725. The Labute approximate surface area is 120 Å². The summed E-state index contributed by atoms with van der Waals surface area (Å²) in [6, 6.07) is 5.63. The first-order valence-corrected chi connectivity index (χ1v) is 7.23. The molecular formula is C11H9BrF3NO2S. The first kappa shape index (κ1) is 14.5. The van der Waals surface area contributed by atoms with E-state index in [2.05, 4.69) is 15.9 Å². The van der Waals surface area contributed by atoms with Crippen molar-refractivity contribution >= 4 is 39.5 Å². The lowest BCUT2D eigenvalue weighted by Crippen LogP contribution is -2.24. The number of hydrogen-bond donors (Lipinski definition) is 0. The van der Waals surface area contributed by atoms with Gasteiger partial charge in [0.15, 0.2) is 0 Å². The smallest absolute Gasteiger partial charge is 0.443 e. The summed E-state index contributed by atoms with van der Waals surface area (Å²) < 4.78 is 41.6. The molecule has 0 radical (unpaired) electrons. The quantitative estimate of drug-likeness (QED) is 0.605. The molecule has 0 N–H and O–H groups in total. The summed E-state index contributed by atoms with van der Waals surface area (Å²) in [5, 5.41) is 0.525. The van der Waals surface area contributed by atoms with E-state index in [0.717, 1.165) is 0 Å². The molecule has 1 aliphatic heterocycles. The van der Waals surface area contributed by atoms with Crippen LogP contribution in [0.5, 0.6) is 0 Å². The first-order valence-electron chi connectivity index (χ1n) is 5.29. The normalized spacial score (nSPS) is 19.7. The third kappa shape index (κ3) is 3.79. The zero-order chi connectivity index (χ0) is 14.0. The Hall–Kier alpha value is -0.890. The molecule has 1 aromatic carbocycles. The highest BCUT2D eigenvalue weighted by molar-refractivity contribution is 9.09. The number of carbonyl (C=O) groups is 1. The lowest BCUT2D eigenvalue weighted by atomic mass is 10.3. The van der Waals surface area contributed by atoms with Crippen LogP contribution < -0.4 is 4.90 Å². The van der Waals surface area contributed by atoms with Gasteiger partial charge in [-0.3, -0.25) is 4.90 Å². The average Bonchev–Trinajstić information content (AvgIpc) is 2.70. The first-order chi connectivity index (χ1) is 8.89. The molecule has 1 atom stereocenters. The fraction of sp³-hybridized carbons (Fsp3) is 0.364. The Bertz CT molecular complexity index is 466. The number of ether oxygens (including phenoxy) is 1. The number of benzene rings is 1. The molecule has 1 saturated heterocycles. The van der Waals surface area contributed by atoms with Gasteiger partial charge >= 0.3 is 11.6 Å². The van der Waals surface area contributed by atoms with Crippen molar-refractivity contribution in [2.75, 3.05) is 16.8 Å². The minimum Gasteiger partial charge on any atom is -0.443 e. The number of hydrogen-bond acceptors (Lipinski definition) is 3. The minimum atomic E-state index is -4.31. The second-order valence-corrected chi connectivity index (χ2v) is 5.60. The summed E-state index contributed by atoms with van der Waals surface area (Å²) in [6.45, 7) is 0.385. The molecule has 1 aliphatic rings. The third-order valence-electron chi connectivity index (χ3n) is 2.43. The monoisotopic (exact) mass is 355 g/mol. The minimum absolute atomic E-state index is 0.0841. The lowest BCUT2D eigenvalue weighted by molar-refractivity contribution is -0.0328. The van der Waals surface area contributed by atoms with Gasteiger partial charge in [0.1, 0.15) is 6.10 Å². The Morgan fingerprint density at radius 3 is 2.47 bits per heavy atom. The van der Waals surface area contributed by atoms with Gasteiger partial charge in [-0.05, 0) is 36.0 Å². The van der Waals surface area contributed by atoms with Crippen molar-refractivity contribution in [1.29, 1.82) is 0 Å². The van der Waals surface area contributed by atoms with Crippen molar-refractivity contribution in [3.8, 4) is 0 Å². The molecule has 0 aliphatic carbocycles. The third-order valence-corrected chi connectivity index (χ3v) is 3.89. The van der Waals surface area contributed by atoms with Gasteiger partial charge in [-0.1, -0.05) is 15.9 Å². The maximum absolute atomic E-state index is 12.2. The number of halogens is 4. The summed E-state index contributed by atoms with van der Waals surface area (Å²) >= 11 is 3.03. The predicted octanol–water partition coefficient (Wildman–Crippen LogP) is 4.02. The number of cyclic esters (lactones) is 1. The Balaban J connectivity index is 2.08. The molecule has 104 valence electrons. The van der Waals surface area contributed by atoms with Crippen molar-refractivity contribution in [2.45, 2.75) is 16.5 Å². The van der Waals surface area contributed by atoms with E-state index < -0.39 is 11.6 Å². The highest BCUT2D eigenvalue weighted by Gasteiger charge is 2.32. The SMILES string of the molecule is O=C1OC(CBr)CN1c1ccc(SC(F)(F)F)cc1. The zero-order valence-corrected chi connectivity index (χ0v) is 11.9. The van der Waals surface area contributed by atoms with Crippen LogP contribution in [0, 0.1) is 0 Å². The van der Waals surface area contributed by atoms with Gasteiger partial charge < -0.3 is 4.74 Å². The molecule has 1 fully saturated rings. The zero-order valence-electron chi connectivity index (χ0n) is 9.48. The van der Waals surface area contributed by atoms with E-state index in [0.29, 0.717) is 17.6 Å². The van der Waals surface area contributed by atoms with Gasteiger partial charge in [-0.15, -0.1) is 0 Å². The lowest BCUT2D eigenvalue weighted by Gasteiger charge is -2.13. The number of amides is 1. The summed E-state index contributed by atoms with van der Waals surface area (Å²) in [4.78, 5) is 13.0.